The molecule has 6 heteroatoms. The summed E-state index contributed by atoms with van der Waals surface area (Å²) < 4.78 is 37.1. The molecule has 0 aromatic heterocycles. The number of rotatable bonds is 2. The van der Waals surface area contributed by atoms with Crippen molar-refractivity contribution in [2.75, 3.05) is 0 Å². The van der Waals surface area contributed by atoms with Gasteiger partial charge in [0.25, 0.3) is 0 Å². The van der Waals surface area contributed by atoms with E-state index in [4.69, 9.17) is 34.8 Å². The summed E-state index contributed by atoms with van der Waals surface area (Å²) in [6, 6.07) is 3.26. The lowest BCUT2D eigenvalue weighted by Gasteiger charge is -2.10. The minimum absolute atomic E-state index is 0.0220. The van der Waals surface area contributed by atoms with E-state index in [0.717, 1.165) is 12.1 Å². The second-order valence-corrected chi connectivity index (χ2v) is 4.65. The zero-order chi connectivity index (χ0) is 11.6. The summed E-state index contributed by atoms with van der Waals surface area (Å²) in [5.74, 6) is 0. The molecule has 15 heavy (non-hydrogen) atoms. The molecule has 0 aliphatic carbocycles. The average Bonchev–Trinajstić information content (AvgIpc) is 1.99. The van der Waals surface area contributed by atoms with Gasteiger partial charge in [-0.1, -0.05) is 11.6 Å². The second-order valence-electron chi connectivity index (χ2n) is 2.94. The lowest BCUT2D eigenvalue weighted by Crippen LogP contribution is -2.06. The van der Waals surface area contributed by atoms with Crippen LogP contribution in [-0.4, -0.2) is 4.84 Å². The monoisotopic (exact) mass is 276 g/mol. The minimum Gasteiger partial charge on any atom is -0.166 e. The third kappa shape index (κ3) is 4.09. The summed E-state index contributed by atoms with van der Waals surface area (Å²) in [6.07, 6.45) is -4.28. The number of alkyl halides is 5. The molecule has 0 nitrogen and oxygen atoms in total. The molecule has 0 N–H and O–H groups in total. The van der Waals surface area contributed by atoms with Crippen LogP contribution in [0.3, 0.4) is 0 Å². The lowest BCUT2D eigenvalue weighted by molar-refractivity contribution is -0.137. The fraction of sp³-hybridized carbons (Fsp3) is 0.333. The van der Waals surface area contributed by atoms with Gasteiger partial charge in [0.15, 0.2) is 0 Å². The van der Waals surface area contributed by atoms with Gasteiger partial charge in [0.05, 0.1) is 5.56 Å². The number of benzene rings is 1. The van der Waals surface area contributed by atoms with E-state index >= 15 is 0 Å². The van der Waals surface area contributed by atoms with Crippen LogP contribution >= 0.6 is 34.8 Å². The fourth-order valence-electron chi connectivity index (χ4n) is 1.11. The Morgan fingerprint density at radius 1 is 1.13 bits per heavy atom. The van der Waals surface area contributed by atoms with Crippen molar-refractivity contribution in [1.29, 1.82) is 0 Å². The van der Waals surface area contributed by atoms with Crippen LogP contribution in [0.1, 0.15) is 11.1 Å². The first-order valence-corrected chi connectivity index (χ1v) is 5.19. The maximum absolute atomic E-state index is 12.4. The highest BCUT2D eigenvalue weighted by molar-refractivity contribution is 6.44. The highest BCUT2D eigenvalue weighted by Crippen LogP contribution is 2.32. The molecule has 0 aliphatic rings. The van der Waals surface area contributed by atoms with Crippen molar-refractivity contribution in [1.82, 2.24) is 0 Å². The Balaban J connectivity index is 3.06. The molecule has 0 heterocycles. The predicted octanol–water partition coefficient (Wildman–Crippen LogP) is 4.71. The third-order valence-corrected chi connectivity index (χ3v) is 2.20. The van der Waals surface area contributed by atoms with Crippen LogP contribution in [0.15, 0.2) is 18.2 Å². The predicted molar refractivity (Wildman–Crippen MR) is 55.7 cm³/mol. The van der Waals surface area contributed by atoms with E-state index in [9.17, 15) is 13.2 Å². The Labute approximate surface area is 99.9 Å². The summed E-state index contributed by atoms with van der Waals surface area (Å²) in [4.78, 5) is -0.746. The maximum Gasteiger partial charge on any atom is 0.416 e. The first kappa shape index (κ1) is 12.9. The van der Waals surface area contributed by atoms with Crippen molar-refractivity contribution in [3.8, 4) is 0 Å². The van der Waals surface area contributed by atoms with E-state index in [1.807, 2.05) is 0 Å². The smallest absolute Gasteiger partial charge is 0.166 e. The molecule has 1 aromatic rings. The van der Waals surface area contributed by atoms with Crippen LogP contribution in [0.25, 0.3) is 0 Å². The van der Waals surface area contributed by atoms with Crippen LogP contribution in [0.5, 0.6) is 0 Å². The zero-order valence-electron chi connectivity index (χ0n) is 7.28. The van der Waals surface area contributed by atoms with Gasteiger partial charge in [-0.2, -0.15) is 13.2 Å². The van der Waals surface area contributed by atoms with E-state index in [0.29, 0.717) is 5.56 Å². The Morgan fingerprint density at radius 2 is 1.73 bits per heavy atom. The Hall–Kier alpha value is -0.120. The third-order valence-electron chi connectivity index (χ3n) is 1.67. The molecule has 0 amide bonds. The summed E-state index contributed by atoms with van der Waals surface area (Å²) in [7, 11) is 0. The molecule has 0 radical (unpaired) electrons. The van der Waals surface area contributed by atoms with E-state index in [1.165, 1.54) is 6.07 Å². The average molecular weight is 278 g/mol. The molecule has 0 bridgehead atoms. The van der Waals surface area contributed by atoms with Crippen LogP contribution in [0.4, 0.5) is 13.2 Å². The van der Waals surface area contributed by atoms with Crippen molar-refractivity contribution < 1.29 is 13.2 Å². The molecule has 1 rings (SSSR count). The number of halogens is 6. The second kappa shape index (κ2) is 4.81. The van der Waals surface area contributed by atoms with Crippen molar-refractivity contribution in [2.45, 2.75) is 17.4 Å². The molecule has 0 spiro atoms. The summed E-state index contributed by atoms with van der Waals surface area (Å²) in [5, 5.41) is 0.0220. The Kier molecular flexibility index (Phi) is 4.15. The minimum atomic E-state index is -4.41. The van der Waals surface area contributed by atoms with Gasteiger partial charge in [0.1, 0.15) is 4.84 Å². The van der Waals surface area contributed by atoms with Gasteiger partial charge in [-0.25, -0.2) is 0 Å². The summed E-state index contributed by atoms with van der Waals surface area (Å²) in [6.45, 7) is 0. The Morgan fingerprint density at radius 3 is 2.20 bits per heavy atom. The number of hydrogen-bond acceptors (Lipinski definition) is 0. The largest absolute Gasteiger partial charge is 0.416 e. The molecule has 1 aromatic carbocycles. The van der Waals surface area contributed by atoms with Crippen LogP contribution < -0.4 is 0 Å². The quantitative estimate of drug-likeness (QED) is 0.687. The van der Waals surface area contributed by atoms with Crippen LogP contribution in [0, 0.1) is 0 Å². The van der Waals surface area contributed by atoms with E-state index in [2.05, 4.69) is 0 Å². The van der Waals surface area contributed by atoms with Gasteiger partial charge < -0.3 is 0 Å². The standard InChI is InChI=1S/C9H6Cl3F3/c10-7-2-5(3-8(11)12)1-6(4-7)9(13,14)15/h1-2,4,8H,3H2. The van der Waals surface area contributed by atoms with Crippen molar-refractivity contribution in [2.24, 2.45) is 0 Å². The van der Waals surface area contributed by atoms with E-state index in [1.54, 1.807) is 0 Å². The highest BCUT2D eigenvalue weighted by Gasteiger charge is 2.31. The van der Waals surface area contributed by atoms with Crippen LogP contribution in [0.2, 0.25) is 5.02 Å². The summed E-state index contributed by atoms with van der Waals surface area (Å²) >= 11 is 16.5. The molecule has 0 unspecified atom stereocenters. The molecular formula is C9H6Cl3F3. The molecule has 0 fully saturated rings. The SMILES string of the molecule is FC(F)(F)c1cc(Cl)cc(CC(Cl)Cl)c1. The first-order valence-electron chi connectivity index (χ1n) is 3.94. The molecule has 0 saturated carbocycles. The fourth-order valence-corrected chi connectivity index (χ4v) is 1.72. The van der Waals surface area contributed by atoms with Crippen molar-refractivity contribution >= 4 is 34.8 Å². The van der Waals surface area contributed by atoms with Crippen molar-refractivity contribution in [3.63, 3.8) is 0 Å². The van der Waals surface area contributed by atoms with Gasteiger partial charge in [-0.3, -0.25) is 0 Å². The van der Waals surface area contributed by atoms with Gasteiger partial charge in [0, 0.05) is 11.4 Å². The van der Waals surface area contributed by atoms with Gasteiger partial charge in [-0.05, 0) is 23.8 Å². The molecular weight excluding hydrogens is 271 g/mol. The van der Waals surface area contributed by atoms with Gasteiger partial charge >= 0.3 is 6.18 Å². The first-order chi connectivity index (χ1) is 6.79. The maximum atomic E-state index is 12.4. The van der Waals surface area contributed by atoms with E-state index < -0.39 is 16.6 Å². The topological polar surface area (TPSA) is 0 Å². The van der Waals surface area contributed by atoms with Gasteiger partial charge in [0.2, 0.25) is 0 Å². The molecule has 0 aliphatic heterocycles. The lowest BCUT2D eigenvalue weighted by atomic mass is 10.1. The summed E-state index contributed by atoms with van der Waals surface area (Å²) in [5.41, 5.74) is -0.427. The normalized spacial score (nSPS) is 12.2. The van der Waals surface area contributed by atoms with Crippen LogP contribution in [-0.2, 0) is 12.6 Å². The van der Waals surface area contributed by atoms with Gasteiger partial charge in [-0.15, -0.1) is 23.2 Å². The number of hydrogen-bond donors (Lipinski definition) is 0. The van der Waals surface area contributed by atoms with E-state index in [-0.39, 0.29) is 11.4 Å². The molecule has 84 valence electrons. The zero-order valence-corrected chi connectivity index (χ0v) is 9.55. The van der Waals surface area contributed by atoms with Crippen molar-refractivity contribution in [3.05, 3.63) is 34.3 Å². The highest BCUT2D eigenvalue weighted by atomic mass is 35.5. The molecule has 0 atom stereocenters. The Bertz CT molecular complexity index is 347. The molecule has 0 saturated heterocycles.